The van der Waals surface area contributed by atoms with Gasteiger partial charge in [-0.15, -0.1) is 0 Å². The number of benzene rings is 3. The molecule has 2 N–H and O–H groups in total. The van der Waals surface area contributed by atoms with Crippen LogP contribution in [0.3, 0.4) is 0 Å². The van der Waals surface area contributed by atoms with Crippen LogP contribution in [0.25, 0.3) is 0 Å². The summed E-state index contributed by atoms with van der Waals surface area (Å²) in [7, 11) is 0. The van der Waals surface area contributed by atoms with Crippen molar-refractivity contribution in [1.29, 1.82) is 0 Å². The predicted molar refractivity (Wildman–Crippen MR) is 121 cm³/mol. The molecule has 0 spiro atoms. The number of amides is 1. The predicted octanol–water partition coefficient (Wildman–Crippen LogP) is 3.76. The third-order valence-electron chi connectivity index (χ3n) is 5.62. The highest BCUT2D eigenvalue weighted by Gasteiger charge is 2.24. The monoisotopic (exact) mass is 399 g/mol. The number of carbonyl (C=O) groups excluding carboxylic acids is 1. The molecular weight excluding hydrogens is 370 g/mol. The lowest BCUT2D eigenvalue weighted by Crippen LogP contribution is -2.42. The molecule has 0 unspecified atom stereocenters. The second-order valence-electron chi connectivity index (χ2n) is 7.91. The van der Waals surface area contributed by atoms with E-state index in [2.05, 4.69) is 64.1 Å². The van der Waals surface area contributed by atoms with Crippen molar-refractivity contribution in [2.45, 2.75) is 25.0 Å². The summed E-state index contributed by atoms with van der Waals surface area (Å²) in [6, 6.07) is 31.3. The summed E-state index contributed by atoms with van der Waals surface area (Å²) < 4.78 is 0. The van der Waals surface area contributed by atoms with E-state index in [1.807, 2.05) is 42.5 Å². The molecule has 0 aliphatic carbocycles. The molecule has 0 saturated carbocycles. The Hall–Kier alpha value is -2.95. The number of hydrogen-bond acceptors (Lipinski definition) is 3. The lowest BCUT2D eigenvalue weighted by molar-refractivity contribution is -0.120. The average Bonchev–Trinajstić information content (AvgIpc) is 3.22. The van der Waals surface area contributed by atoms with E-state index in [-0.39, 0.29) is 18.0 Å². The van der Waals surface area contributed by atoms with Gasteiger partial charge in [0, 0.05) is 25.7 Å². The molecule has 1 saturated heterocycles. The molecule has 3 aromatic carbocycles. The van der Waals surface area contributed by atoms with Crippen molar-refractivity contribution >= 4 is 5.91 Å². The van der Waals surface area contributed by atoms with Crippen LogP contribution >= 0.6 is 0 Å². The molecule has 4 rings (SSSR count). The third-order valence-corrected chi connectivity index (χ3v) is 5.62. The Morgan fingerprint density at radius 3 is 2.03 bits per heavy atom. The smallest absolute Gasteiger partial charge is 0.234 e. The van der Waals surface area contributed by atoms with E-state index in [4.69, 9.17) is 0 Å². The van der Waals surface area contributed by atoms with Gasteiger partial charge in [0.25, 0.3) is 0 Å². The van der Waals surface area contributed by atoms with Gasteiger partial charge >= 0.3 is 0 Å². The van der Waals surface area contributed by atoms with Gasteiger partial charge in [0.05, 0.1) is 12.6 Å². The summed E-state index contributed by atoms with van der Waals surface area (Å²) in [5.74, 6) is 0.0541. The van der Waals surface area contributed by atoms with Crippen LogP contribution < -0.4 is 10.6 Å². The van der Waals surface area contributed by atoms with Crippen molar-refractivity contribution in [3.63, 3.8) is 0 Å². The van der Waals surface area contributed by atoms with Crippen molar-refractivity contribution in [2.24, 2.45) is 0 Å². The standard InChI is InChI=1S/C26H29N3O/c30-25(28-24-16-17-29(20-24)19-21-10-4-1-5-11-21)18-27-26(22-12-6-2-7-13-22)23-14-8-3-9-15-23/h1-15,24,26-27H,16-20H2,(H,28,30)/t24-/m1/s1. The first kappa shape index (κ1) is 20.3. The van der Waals surface area contributed by atoms with Crippen molar-refractivity contribution in [3.05, 3.63) is 108 Å². The van der Waals surface area contributed by atoms with Crippen LogP contribution in [-0.2, 0) is 11.3 Å². The van der Waals surface area contributed by atoms with E-state index in [0.717, 1.165) is 37.2 Å². The summed E-state index contributed by atoms with van der Waals surface area (Å²) >= 11 is 0. The summed E-state index contributed by atoms with van der Waals surface area (Å²) in [5, 5.41) is 6.66. The van der Waals surface area contributed by atoms with Crippen LogP contribution in [0.5, 0.6) is 0 Å². The molecule has 1 fully saturated rings. The van der Waals surface area contributed by atoms with Gasteiger partial charge in [0.2, 0.25) is 5.91 Å². The molecule has 0 aromatic heterocycles. The van der Waals surface area contributed by atoms with Gasteiger partial charge in [-0.3, -0.25) is 15.0 Å². The number of carbonyl (C=O) groups is 1. The molecule has 3 aromatic rings. The quantitative estimate of drug-likeness (QED) is 0.606. The van der Waals surface area contributed by atoms with Crippen molar-refractivity contribution in [3.8, 4) is 0 Å². The fraction of sp³-hybridized carbons (Fsp3) is 0.269. The van der Waals surface area contributed by atoms with Gasteiger partial charge < -0.3 is 5.32 Å². The molecule has 30 heavy (non-hydrogen) atoms. The number of nitrogens with one attached hydrogen (secondary N) is 2. The average molecular weight is 400 g/mol. The molecule has 1 atom stereocenters. The van der Waals surface area contributed by atoms with E-state index in [1.165, 1.54) is 5.56 Å². The van der Waals surface area contributed by atoms with E-state index in [9.17, 15) is 4.79 Å². The van der Waals surface area contributed by atoms with Crippen molar-refractivity contribution in [2.75, 3.05) is 19.6 Å². The first-order valence-electron chi connectivity index (χ1n) is 10.7. The molecule has 0 bridgehead atoms. The Bertz CT molecular complexity index is 875. The maximum Gasteiger partial charge on any atom is 0.234 e. The molecular formula is C26H29N3O. The zero-order valence-corrected chi connectivity index (χ0v) is 17.2. The molecule has 1 aliphatic rings. The minimum Gasteiger partial charge on any atom is -0.351 e. The molecule has 1 amide bonds. The topological polar surface area (TPSA) is 44.4 Å². The minimum atomic E-state index is -0.00342. The number of likely N-dealkylation sites (tertiary alicyclic amines) is 1. The lowest BCUT2D eigenvalue weighted by Gasteiger charge is -2.21. The van der Waals surface area contributed by atoms with Gasteiger partial charge in [-0.1, -0.05) is 91.0 Å². The first-order valence-corrected chi connectivity index (χ1v) is 10.7. The lowest BCUT2D eigenvalue weighted by atomic mass is 9.99. The summed E-state index contributed by atoms with van der Waals surface area (Å²) in [5.41, 5.74) is 3.64. The van der Waals surface area contributed by atoms with Crippen LogP contribution in [0, 0.1) is 0 Å². The second kappa shape index (κ2) is 10.2. The Morgan fingerprint density at radius 2 is 1.43 bits per heavy atom. The highest BCUT2D eigenvalue weighted by atomic mass is 16.2. The van der Waals surface area contributed by atoms with E-state index in [1.54, 1.807) is 0 Å². The molecule has 1 heterocycles. The Balaban J connectivity index is 1.30. The normalized spacial score (nSPS) is 16.6. The maximum absolute atomic E-state index is 12.6. The van der Waals surface area contributed by atoms with Crippen LogP contribution in [0.4, 0.5) is 0 Å². The molecule has 0 radical (unpaired) electrons. The molecule has 4 nitrogen and oxygen atoms in total. The summed E-state index contributed by atoms with van der Waals surface area (Å²) in [6.45, 7) is 3.16. The van der Waals surface area contributed by atoms with Crippen LogP contribution in [0.15, 0.2) is 91.0 Å². The molecule has 4 heteroatoms. The van der Waals surface area contributed by atoms with Gasteiger partial charge in [-0.2, -0.15) is 0 Å². The van der Waals surface area contributed by atoms with Crippen LogP contribution in [-0.4, -0.2) is 36.5 Å². The van der Waals surface area contributed by atoms with Crippen molar-refractivity contribution in [1.82, 2.24) is 15.5 Å². The molecule has 154 valence electrons. The Labute approximate surface area is 178 Å². The fourth-order valence-electron chi connectivity index (χ4n) is 4.13. The SMILES string of the molecule is O=C(CNC(c1ccccc1)c1ccccc1)N[C@@H]1CCN(Cc2ccccc2)C1. The summed E-state index contributed by atoms with van der Waals surface area (Å²) in [6.07, 6.45) is 0.999. The number of nitrogens with zero attached hydrogens (tertiary/aromatic N) is 1. The van der Waals surface area contributed by atoms with E-state index >= 15 is 0 Å². The van der Waals surface area contributed by atoms with Crippen molar-refractivity contribution < 1.29 is 4.79 Å². The fourth-order valence-corrected chi connectivity index (χ4v) is 4.13. The Kier molecular flexibility index (Phi) is 6.91. The number of hydrogen-bond donors (Lipinski definition) is 2. The van der Waals surface area contributed by atoms with E-state index < -0.39 is 0 Å². The first-order chi connectivity index (χ1) is 14.8. The van der Waals surface area contributed by atoms with Gasteiger partial charge in [0.1, 0.15) is 0 Å². The zero-order valence-electron chi connectivity index (χ0n) is 17.2. The zero-order chi connectivity index (χ0) is 20.6. The minimum absolute atomic E-state index is 0.00342. The highest BCUT2D eigenvalue weighted by molar-refractivity contribution is 5.78. The van der Waals surface area contributed by atoms with Gasteiger partial charge in [-0.05, 0) is 23.1 Å². The maximum atomic E-state index is 12.6. The van der Waals surface area contributed by atoms with Gasteiger partial charge in [-0.25, -0.2) is 0 Å². The summed E-state index contributed by atoms with van der Waals surface area (Å²) in [4.78, 5) is 15.0. The third kappa shape index (κ3) is 5.56. The van der Waals surface area contributed by atoms with Crippen LogP contribution in [0.2, 0.25) is 0 Å². The Morgan fingerprint density at radius 1 is 0.867 bits per heavy atom. The molecule has 1 aliphatic heterocycles. The van der Waals surface area contributed by atoms with Gasteiger partial charge in [0.15, 0.2) is 0 Å². The highest BCUT2D eigenvalue weighted by Crippen LogP contribution is 2.21. The van der Waals surface area contributed by atoms with Crippen LogP contribution in [0.1, 0.15) is 29.2 Å². The number of rotatable bonds is 8. The second-order valence-corrected chi connectivity index (χ2v) is 7.91. The largest absolute Gasteiger partial charge is 0.351 e. The van der Waals surface area contributed by atoms with E-state index in [0.29, 0.717) is 6.54 Å².